The number of hydrogen-bond donors (Lipinski definition) is 0. The van der Waals surface area contributed by atoms with Crippen molar-refractivity contribution in [3.8, 4) is 6.07 Å². The topological polar surface area (TPSA) is 75.9 Å². The Bertz CT molecular complexity index is 449. The maximum absolute atomic E-state index is 11.2. The molecule has 82 valence electrons. The summed E-state index contributed by atoms with van der Waals surface area (Å²) >= 11 is 0. The highest BCUT2D eigenvalue weighted by atomic mass is 16.5. The van der Waals surface area contributed by atoms with Crippen molar-refractivity contribution < 1.29 is 9.53 Å². The van der Waals surface area contributed by atoms with Crippen LogP contribution in [0, 0.1) is 11.3 Å². The van der Waals surface area contributed by atoms with Gasteiger partial charge in [0.05, 0.1) is 18.2 Å². The highest BCUT2D eigenvalue weighted by Crippen LogP contribution is 2.05. The van der Waals surface area contributed by atoms with E-state index in [1.54, 1.807) is 6.92 Å². The van der Waals surface area contributed by atoms with Crippen LogP contribution in [0.4, 0.5) is 0 Å². The molecule has 0 saturated carbocycles. The zero-order valence-electron chi connectivity index (χ0n) is 8.93. The fourth-order valence-electron chi connectivity index (χ4n) is 0.996. The average Bonchev–Trinajstić information content (AvgIpc) is 2.27. The Morgan fingerprint density at radius 1 is 1.50 bits per heavy atom. The summed E-state index contributed by atoms with van der Waals surface area (Å²) in [6.07, 6.45) is 3.13. The Balaban J connectivity index is 2.70. The first-order chi connectivity index (χ1) is 7.65. The summed E-state index contributed by atoms with van der Waals surface area (Å²) in [5.41, 5.74) is 1.35. The van der Waals surface area contributed by atoms with Crippen LogP contribution in [0.3, 0.4) is 0 Å². The summed E-state index contributed by atoms with van der Waals surface area (Å²) in [5, 5.41) is 8.57. The number of carbonyl (C=O) groups excluding carboxylic acids is 1. The lowest BCUT2D eigenvalue weighted by Gasteiger charge is -2.05. The first-order valence-corrected chi connectivity index (χ1v) is 4.63. The Labute approximate surface area is 93.4 Å². The van der Waals surface area contributed by atoms with Crippen molar-refractivity contribution in [1.82, 2.24) is 9.97 Å². The van der Waals surface area contributed by atoms with Gasteiger partial charge in [-0.15, -0.1) is 0 Å². The molecule has 0 N–H and O–H groups in total. The Morgan fingerprint density at radius 2 is 2.12 bits per heavy atom. The van der Waals surface area contributed by atoms with Crippen molar-refractivity contribution in [2.45, 2.75) is 20.0 Å². The first-order valence-electron chi connectivity index (χ1n) is 4.63. The van der Waals surface area contributed by atoms with E-state index < -0.39 is 5.97 Å². The van der Waals surface area contributed by atoms with Crippen molar-refractivity contribution in [2.24, 2.45) is 0 Å². The minimum absolute atomic E-state index is 0.0105. The van der Waals surface area contributed by atoms with E-state index in [4.69, 9.17) is 10.00 Å². The van der Waals surface area contributed by atoms with E-state index in [1.807, 2.05) is 6.07 Å². The normalized spacial score (nSPS) is 9.25. The van der Waals surface area contributed by atoms with Crippen LogP contribution in [0.25, 0.3) is 0 Å². The third-order valence-electron chi connectivity index (χ3n) is 1.80. The fourth-order valence-corrected chi connectivity index (χ4v) is 0.996. The molecular weight excluding hydrogens is 206 g/mol. The van der Waals surface area contributed by atoms with Gasteiger partial charge in [0.25, 0.3) is 0 Å². The van der Waals surface area contributed by atoms with Gasteiger partial charge >= 0.3 is 5.97 Å². The molecule has 0 atom stereocenters. The third kappa shape index (κ3) is 3.17. The van der Waals surface area contributed by atoms with Gasteiger partial charge in [0.1, 0.15) is 12.3 Å². The molecule has 0 bridgehead atoms. The van der Waals surface area contributed by atoms with Crippen LogP contribution in [-0.4, -0.2) is 15.9 Å². The number of carbonyl (C=O) groups is 1. The second-order valence-corrected chi connectivity index (χ2v) is 3.14. The molecule has 0 saturated heterocycles. The van der Waals surface area contributed by atoms with Crippen LogP contribution < -0.4 is 0 Å². The van der Waals surface area contributed by atoms with Crippen molar-refractivity contribution in [3.63, 3.8) is 0 Å². The summed E-state index contributed by atoms with van der Waals surface area (Å²) in [6, 6.07) is 1.97. The van der Waals surface area contributed by atoms with Gasteiger partial charge in [-0.25, -0.2) is 4.79 Å². The first kappa shape index (κ1) is 11.9. The van der Waals surface area contributed by atoms with E-state index in [2.05, 4.69) is 16.5 Å². The summed E-state index contributed by atoms with van der Waals surface area (Å²) in [4.78, 5) is 19.2. The van der Waals surface area contributed by atoms with Gasteiger partial charge in [-0.3, -0.25) is 9.97 Å². The SMILES string of the molecule is C=C(C)C(=O)OCc1nccnc1CC#N. The van der Waals surface area contributed by atoms with Crippen molar-refractivity contribution in [3.05, 3.63) is 35.9 Å². The van der Waals surface area contributed by atoms with Crippen LogP contribution in [-0.2, 0) is 22.6 Å². The molecular formula is C11H11N3O2. The highest BCUT2D eigenvalue weighted by Gasteiger charge is 2.08. The van der Waals surface area contributed by atoms with Gasteiger partial charge in [0.2, 0.25) is 0 Å². The predicted molar refractivity (Wildman–Crippen MR) is 56.0 cm³/mol. The maximum Gasteiger partial charge on any atom is 0.333 e. The van der Waals surface area contributed by atoms with Gasteiger partial charge in [-0.05, 0) is 6.92 Å². The smallest absolute Gasteiger partial charge is 0.333 e. The van der Waals surface area contributed by atoms with E-state index in [0.29, 0.717) is 17.0 Å². The molecule has 0 fully saturated rings. The highest BCUT2D eigenvalue weighted by molar-refractivity contribution is 5.86. The van der Waals surface area contributed by atoms with Crippen LogP contribution in [0.15, 0.2) is 24.5 Å². The third-order valence-corrected chi connectivity index (χ3v) is 1.80. The van der Waals surface area contributed by atoms with E-state index in [-0.39, 0.29) is 13.0 Å². The number of hydrogen-bond acceptors (Lipinski definition) is 5. The van der Waals surface area contributed by atoms with Gasteiger partial charge < -0.3 is 4.74 Å². The lowest BCUT2D eigenvalue weighted by Crippen LogP contribution is -2.08. The van der Waals surface area contributed by atoms with Crippen molar-refractivity contribution >= 4 is 5.97 Å². The second kappa shape index (κ2) is 5.61. The quantitative estimate of drug-likeness (QED) is 0.558. The lowest BCUT2D eigenvalue weighted by atomic mass is 10.2. The fraction of sp³-hybridized carbons (Fsp3) is 0.273. The van der Waals surface area contributed by atoms with Gasteiger partial charge in [0, 0.05) is 18.0 Å². The number of aromatic nitrogens is 2. The van der Waals surface area contributed by atoms with E-state index in [0.717, 1.165) is 0 Å². The van der Waals surface area contributed by atoms with E-state index in [9.17, 15) is 4.79 Å². The van der Waals surface area contributed by atoms with Crippen molar-refractivity contribution in [2.75, 3.05) is 0 Å². The summed E-state index contributed by atoms with van der Waals surface area (Å²) in [5.74, 6) is -0.478. The molecule has 0 aliphatic heterocycles. The second-order valence-electron chi connectivity index (χ2n) is 3.14. The van der Waals surface area contributed by atoms with E-state index >= 15 is 0 Å². The molecule has 1 aromatic rings. The van der Waals surface area contributed by atoms with Crippen molar-refractivity contribution in [1.29, 1.82) is 5.26 Å². The Kier molecular flexibility index (Phi) is 4.16. The van der Waals surface area contributed by atoms with Gasteiger partial charge in [-0.2, -0.15) is 5.26 Å². The number of rotatable bonds is 4. The Morgan fingerprint density at radius 3 is 2.69 bits per heavy atom. The monoisotopic (exact) mass is 217 g/mol. The molecule has 16 heavy (non-hydrogen) atoms. The number of nitrogens with zero attached hydrogens (tertiary/aromatic N) is 3. The van der Waals surface area contributed by atoms with E-state index in [1.165, 1.54) is 12.4 Å². The largest absolute Gasteiger partial charge is 0.456 e. The van der Waals surface area contributed by atoms with Crippen LogP contribution in [0.5, 0.6) is 0 Å². The standard InChI is InChI=1S/C11H11N3O2/c1-8(2)11(15)16-7-10-9(3-4-12)13-5-6-14-10/h5-6H,1,3,7H2,2H3. The summed E-state index contributed by atoms with van der Waals surface area (Å²) in [6.45, 7) is 5.04. The molecule has 0 aliphatic rings. The minimum atomic E-state index is -0.478. The molecule has 5 nitrogen and oxygen atoms in total. The Hall–Kier alpha value is -2.22. The minimum Gasteiger partial charge on any atom is -0.456 e. The van der Waals surface area contributed by atoms with Crippen LogP contribution in [0.1, 0.15) is 18.3 Å². The van der Waals surface area contributed by atoms with Crippen LogP contribution in [0.2, 0.25) is 0 Å². The molecule has 1 aromatic heterocycles. The number of esters is 1. The molecule has 5 heteroatoms. The zero-order valence-corrected chi connectivity index (χ0v) is 8.93. The molecule has 0 radical (unpaired) electrons. The molecule has 1 heterocycles. The molecule has 0 spiro atoms. The summed E-state index contributed by atoms with van der Waals surface area (Å²) < 4.78 is 4.93. The lowest BCUT2D eigenvalue weighted by molar-refractivity contribution is -0.140. The molecule has 0 amide bonds. The molecule has 0 aliphatic carbocycles. The van der Waals surface area contributed by atoms with Gasteiger partial charge in [0.15, 0.2) is 0 Å². The summed E-state index contributed by atoms with van der Waals surface area (Å²) in [7, 11) is 0. The molecule has 1 rings (SSSR count). The average molecular weight is 217 g/mol. The molecule has 0 aromatic carbocycles. The van der Waals surface area contributed by atoms with Crippen LogP contribution >= 0.6 is 0 Å². The number of ether oxygens (including phenoxy) is 1. The zero-order chi connectivity index (χ0) is 12.0. The van der Waals surface area contributed by atoms with Gasteiger partial charge in [-0.1, -0.05) is 6.58 Å². The maximum atomic E-state index is 11.2. The number of nitriles is 1. The predicted octanol–water partition coefficient (Wildman–Crippen LogP) is 1.16. The molecule has 0 unspecified atom stereocenters.